The van der Waals surface area contributed by atoms with Crippen LogP contribution in [0.4, 0.5) is 3.89 Å². The molecule has 0 aromatic heterocycles. The number of piperidine rings is 1. The van der Waals surface area contributed by atoms with Gasteiger partial charge in [-0.05, 0) is 76.0 Å². The van der Waals surface area contributed by atoms with Gasteiger partial charge >= 0.3 is 10.5 Å². The number of ether oxygens (including phenoxy) is 1. The molecule has 6 nitrogen and oxygen atoms in total. The second-order valence-electron chi connectivity index (χ2n) is 7.28. The molecule has 1 aliphatic heterocycles. The number of hydrogen-bond donors (Lipinski definition) is 0. The summed E-state index contributed by atoms with van der Waals surface area (Å²) in [6, 6.07) is 6.53. The van der Waals surface area contributed by atoms with Gasteiger partial charge in [0.1, 0.15) is 5.75 Å². The van der Waals surface area contributed by atoms with Gasteiger partial charge < -0.3 is 13.8 Å². The number of nitrogens with zero attached hydrogens (tertiary/aromatic N) is 2. The van der Waals surface area contributed by atoms with Crippen LogP contribution in [0.3, 0.4) is 0 Å². The standard InChI is InChI=1S/C19H31FN2O4S/c1-21(14-15-25-2)11-3-4-17-9-12-22(13-10-17)16-18-5-7-19(8-6-18)26-27(20,23)24/h5-8,17H,3-4,9-16H2,1-2H3. The van der Waals surface area contributed by atoms with Gasteiger partial charge in [-0.15, -0.1) is 0 Å². The maximum Gasteiger partial charge on any atom is 0.488 e. The number of methoxy groups -OCH3 is 1. The number of benzene rings is 1. The van der Waals surface area contributed by atoms with E-state index in [1.807, 2.05) is 0 Å². The SMILES string of the molecule is COCCN(C)CCCC1CCN(Cc2ccc(OS(=O)(=O)F)cc2)CC1. The maximum absolute atomic E-state index is 12.5. The van der Waals surface area contributed by atoms with Crippen LogP contribution in [0.1, 0.15) is 31.2 Å². The van der Waals surface area contributed by atoms with Gasteiger partial charge in [-0.1, -0.05) is 16.0 Å². The van der Waals surface area contributed by atoms with Crippen molar-refractivity contribution in [2.24, 2.45) is 5.92 Å². The molecule has 1 aliphatic rings. The van der Waals surface area contributed by atoms with Crippen LogP contribution in [0.5, 0.6) is 5.75 Å². The zero-order valence-electron chi connectivity index (χ0n) is 16.3. The third-order valence-corrected chi connectivity index (χ3v) is 5.45. The number of rotatable bonds is 11. The minimum absolute atomic E-state index is 0.00424. The van der Waals surface area contributed by atoms with E-state index >= 15 is 0 Å². The Bertz CT molecular complexity index is 646. The van der Waals surface area contributed by atoms with E-state index in [4.69, 9.17) is 4.74 Å². The molecule has 0 spiro atoms. The molecule has 1 saturated heterocycles. The van der Waals surface area contributed by atoms with Crippen LogP contribution in [0.15, 0.2) is 24.3 Å². The highest BCUT2D eigenvalue weighted by Crippen LogP contribution is 2.24. The normalized spacial score (nSPS) is 16.7. The Morgan fingerprint density at radius 2 is 1.85 bits per heavy atom. The summed E-state index contributed by atoms with van der Waals surface area (Å²) in [6.07, 6.45) is 4.92. The van der Waals surface area contributed by atoms with E-state index in [9.17, 15) is 12.3 Å². The third-order valence-electron chi connectivity index (χ3n) is 5.06. The number of likely N-dealkylation sites (N-methyl/N-ethyl adjacent to an activating group) is 1. The molecule has 154 valence electrons. The van der Waals surface area contributed by atoms with Crippen molar-refractivity contribution in [3.05, 3.63) is 29.8 Å². The molecule has 8 heteroatoms. The van der Waals surface area contributed by atoms with Crippen molar-refractivity contribution in [2.75, 3.05) is 46.9 Å². The molecule has 0 amide bonds. The summed E-state index contributed by atoms with van der Waals surface area (Å²) in [6.45, 7) is 5.84. The Balaban J connectivity index is 1.65. The predicted molar refractivity (Wildman–Crippen MR) is 104 cm³/mol. The van der Waals surface area contributed by atoms with Gasteiger partial charge in [0.05, 0.1) is 6.61 Å². The highest BCUT2D eigenvalue weighted by molar-refractivity contribution is 7.81. The minimum Gasteiger partial charge on any atom is -0.383 e. The van der Waals surface area contributed by atoms with Crippen LogP contribution in [0, 0.1) is 5.92 Å². The van der Waals surface area contributed by atoms with Crippen LogP contribution >= 0.6 is 0 Å². The fourth-order valence-electron chi connectivity index (χ4n) is 3.47. The lowest BCUT2D eigenvalue weighted by Crippen LogP contribution is -2.33. The first-order valence-corrected chi connectivity index (χ1v) is 10.8. The molecule has 0 N–H and O–H groups in total. The van der Waals surface area contributed by atoms with Crippen molar-refractivity contribution in [2.45, 2.75) is 32.2 Å². The van der Waals surface area contributed by atoms with E-state index in [0.717, 1.165) is 50.8 Å². The summed E-state index contributed by atoms with van der Waals surface area (Å²) in [5.74, 6) is 0.790. The Kier molecular flexibility index (Phi) is 8.95. The predicted octanol–water partition coefficient (Wildman–Crippen LogP) is 2.85. The van der Waals surface area contributed by atoms with Crippen molar-refractivity contribution in [3.8, 4) is 5.75 Å². The summed E-state index contributed by atoms with van der Waals surface area (Å²) in [4.78, 5) is 4.73. The fraction of sp³-hybridized carbons (Fsp3) is 0.684. The van der Waals surface area contributed by atoms with Crippen LogP contribution in [0.25, 0.3) is 0 Å². The second kappa shape index (κ2) is 10.9. The third kappa shape index (κ3) is 9.01. The number of likely N-dealkylation sites (tertiary alicyclic amines) is 1. The van der Waals surface area contributed by atoms with E-state index < -0.39 is 10.5 Å². The van der Waals surface area contributed by atoms with Gasteiger partial charge in [0.25, 0.3) is 0 Å². The van der Waals surface area contributed by atoms with E-state index in [2.05, 4.69) is 21.0 Å². The lowest BCUT2D eigenvalue weighted by Gasteiger charge is -2.32. The molecule has 1 heterocycles. The van der Waals surface area contributed by atoms with Crippen LogP contribution in [-0.4, -0.2) is 65.2 Å². The van der Waals surface area contributed by atoms with Crippen LogP contribution < -0.4 is 4.18 Å². The molecule has 0 atom stereocenters. The maximum atomic E-state index is 12.5. The molecular formula is C19H31FN2O4S. The van der Waals surface area contributed by atoms with E-state index in [1.165, 1.54) is 37.8 Å². The second-order valence-corrected chi connectivity index (χ2v) is 8.23. The molecule has 0 bridgehead atoms. The van der Waals surface area contributed by atoms with Crippen molar-refractivity contribution in [1.29, 1.82) is 0 Å². The fourth-order valence-corrected chi connectivity index (χ4v) is 3.81. The largest absolute Gasteiger partial charge is 0.488 e. The highest BCUT2D eigenvalue weighted by Gasteiger charge is 2.19. The average molecular weight is 403 g/mol. The summed E-state index contributed by atoms with van der Waals surface area (Å²) < 4.78 is 42.8. The van der Waals surface area contributed by atoms with E-state index in [0.29, 0.717) is 0 Å². The van der Waals surface area contributed by atoms with Crippen molar-refractivity contribution < 1.29 is 21.2 Å². The molecule has 1 aromatic carbocycles. The number of halogens is 1. The molecular weight excluding hydrogens is 371 g/mol. The number of hydrogen-bond acceptors (Lipinski definition) is 6. The molecule has 1 fully saturated rings. The first-order valence-electron chi connectivity index (χ1n) is 9.48. The Morgan fingerprint density at radius 3 is 2.44 bits per heavy atom. The van der Waals surface area contributed by atoms with Gasteiger partial charge in [0, 0.05) is 20.2 Å². The van der Waals surface area contributed by atoms with Gasteiger partial charge in [0.15, 0.2) is 0 Å². The Hall–Kier alpha value is -1.22. The minimum atomic E-state index is -4.96. The Morgan fingerprint density at radius 1 is 1.19 bits per heavy atom. The smallest absolute Gasteiger partial charge is 0.383 e. The summed E-state index contributed by atoms with van der Waals surface area (Å²) in [7, 11) is -1.09. The monoisotopic (exact) mass is 402 g/mol. The summed E-state index contributed by atoms with van der Waals surface area (Å²) >= 11 is 0. The molecule has 27 heavy (non-hydrogen) atoms. The molecule has 0 unspecified atom stereocenters. The van der Waals surface area contributed by atoms with Crippen molar-refractivity contribution in [3.63, 3.8) is 0 Å². The quantitative estimate of drug-likeness (QED) is 0.531. The molecule has 0 radical (unpaired) electrons. The molecule has 0 saturated carbocycles. The van der Waals surface area contributed by atoms with Crippen molar-refractivity contribution in [1.82, 2.24) is 9.80 Å². The zero-order chi connectivity index (χ0) is 19.7. The zero-order valence-corrected chi connectivity index (χ0v) is 17.1. The topological polar surface area (TPSA) is 59.1 Å². The lowest BCUT2D eigenvalue weighted by molar-refractivity contribution is 0.151. The Labute approximate surface area is 162 Å². The lowest BCUT2D eigenvalue weighted by atomic mass is 9.92. The van der Waals surface area contributed by atoms with Crippen molar-refractivity contribution >= 4 is 10.5 Å². The highest BCUT2D eigenvalue weighted by atomic mass is 32.3. The molecule has 1 aromatic rings. The van der Waals surface area contributed by atoms with Gasteiger partial charge in [-0.2, -0.15) is 8.42 Å². The average Bonchev–Trinajstić information content (AvgIpc) is 2.62. The van der Waals surface area contributed by atoms with Gasteiger partial charge in [0.2, 0.25) is 0 Å². The first-order chi connectivity index (χ1) is 12.9. The molecule has 2 rings (SSSR count). The first kappa shape index (κ1) is 22.1. The summed E-state index contributed by atoms with van der Waals surface area (Å²) in [5.41, 5.74) is 1.07. The summed E-state index contributed by atoms with van der Waals surface area (Å²) in [5, 5.41) is 0. The van der Waals surface area contributed by atoms with Crippen LogP contribution in [-0.2, 0) is 21.8 Å². The van der Waals surface area contributed by atoms with Gasteiger partial charge in [-0.3, -0.25) is 4.90 Å². The molecule has 0 aliphatic carbocycles. The van der Waals surface area contributed by atoms with E-state index in [1.54, 1.807) is 19.2 Å². The van der Waals surface area contributed by atoms with Gasteiger partial charge in [-0.25, -0.2) is 0 Å². The van der Waals surface area contributed by atoms with Crippen LogP contribution in [0.2, 0.25) is 0 Å². The van der Waals surface area contributed by atoms with E-state index in [-0.39, 0.29) is 5.75 Å².